The highest BCUT2D eigenvalue weighted by molar-refractivity contribution is 6.34. The lowest BCUT2D eigenvalue weighted by molar-refractivity contribution is 0.0601. The molecule has 20 heavy (non-hydrogen) atoms. The van der Waals surface area contributed by atoms with Crippen molar-refractivity contribution in [3.63, 3.8) is 0 Å². The van der Waals surface area contributed by atoms with Crippen molar-refractivity contribution < 1.29 is 9.53 Å². The first kappa shape index (κ1) is 12.6. The van der Waals surface area contributed by atoms with E-state index in [1.54, 1.807) is 41.5 Å². The predicted molar refractivity (Wildman–Crippen MR) is 74.8 cm³/mol. The summed E-state index contributed by atoms with van der Waals surface area (Å²) in [6, 6.07) is 5.25. The Morgan fingerprint density at radius 2 is 2.20 bits per heavy atom. The summed E-state index contributed by atoms with van der Waals surface area (Å²) in [4.78, 5) is 20.2. The third-order valence-corrected chi connectivity index (χ3v) is 3.29. The van der Waals surface area contributed by atoms with E-state index in [0.717, 1.165) is 11.1 Å². The molecule has 0 unspecified atom stereocenters. The van der Waals surface area contributed by atoms with E-state index in [2.05, 4.69) is 9.97 Å². The molecular formula is C14H10ClN3O2. The molecule has 0 aromatic carbocycles. The number of carbonyl (C=O) groups excluding carboxylic acids is 1. The van der Waals surface area contributed by atoms with Crippen molar-refractivity contribution in [3.8, 4) is 11.3 Å². The fourth-order valence-corrected chi connectivity index (χ4v) is 2.36. The zero-order valence-electron chi connectivity index (χ0n) is 10.6. The molecule has 3 aromatic rings. The van der Waals surface area contributed by atoms with Gasteiger partial charge in [-0.15, -0.1) is 0 Å². The summed E-state index contributed by atoms with van der Waals surface area (Å²) in [6.45, 7) is 0. The van der Waals surface area contributed by atoms with Gasteiger partial charge in [-0.05, 0) is 18.2 Å². The SMILES string of the molecule is COC(=O)c1cc(Cl)c2cncn2c1-c1cccnc1. The van der Waals surface area contributed by atoms with E-state index in [1.165, 1.54) is 7.11 Å². The molecule has 0 atom stereocenters. The van der Waals surface area contributed by atoms with Gasteiger partial charge in [-0.3, -0.25) is 9.38 Å². The van der Waals surface area contributed by atoms with Crippen LogP contribution in [0.5, 0.6) is 0 Å². The molecule has 0 aliphatic heterocycles. The summed E-state index contributed by atoms with van der Waals surface area (Å²) in [6.07, 6.45) is 6.59. The average molecular weight is 288 g/mol. The smallest absolute Gasteiger partial charge is 0.340 e. The summed E-state index contributed by atoms with van der Waals surface area (Å²) < 4.78 is 6.58. The van der Waals surface area contributed by atoms with E-state index in [1.807, 2.05) is 6.07 Å². The Labute approximate surface area is 119 Å². The van der Waals surface area contributed by atoms with Crippen LogP contribution in [-0.2, 0) is 4.74 Å². The third-order valence-electron chi connectivity index (χ3n) is 2.99. The van der Waals surface area contributed by atoms with Gasteiger partial charge in [-0.25, -0.2) is 9.78 Å². The van der Waals surface area contributed by atoms with E-state index in [9.17, 15) is 4.79 Å². The lowest BCUT2D eigenvalue weighted by Crippen LogP contribution is -2.07. The van der Waals surface area contributed by atoms with Gasteiger partial charge in [-0.1, -0.05) is 11.6 Å². The van der Waals surface area contributed by atoms with E-state index in [4.69, 9.17) is 16.3 Å². The number of fused-ring (bicyclic) bond motifs is 1. The number of esters is 1. The zero-order valence-corrected chi connectivity index (χ0v) is 11.3. The van der Waals surface area contributed by atoms with Crippen molar-refractivity contribution in [1.82, 2.24) is 14.4 Å². The maximum Gasteiger partial charge on any atom is 0.340 e. The molecule has 3 aromatic heterocycles. The lowest BCUT2D eigenvalue weighted by atomic mass is 10.1. The molecule has 0 N–H and O–H groups in total. The Morgan fingerprint density at radius 1 is 1.35 bits per heavy atom. The first-order valence-electron chi connectivity index (χ1n) is 5.85. The van der Waals surface area contributed by atoms with Gasteiger partial charge >= 0.3 is 5.97 Å². The first-order valence-corrected chi connectivity index (χ1v) is 6.23. The summed E-state index contributed by atoms with van der Waals surface area (Å²) in [5.74, 6) is -0.457. The quantitative estimate of drug-likeness (QED) is 0.680. The molecule has 0 spiro atoms. The minimum atomic E-state index is -0.457. The Bertz CT molecular complexity index is 784. The van der Waals surface area contributed by atoms with Crippen LogP contribution in [0.15, 0.2) is 43.1 Å². The maximum absolute atomic E-state index is 12.0. The molecule has 6 heteroatoms. The number of imidazole rings is 1. The van der Waals surface area contributed by atoms with Crippen LogP contribution in [0.25, 0.3) is 16.8 Å². The number of ether oxygens (including phenoxy) is 1. The van der Waals surface area contributed by atoms with E-state index >= 15 is 0 Å². The number of hydrogen-bond donors (Lipinski definition) is 0. The van der Waals surface area contributed by atoms with Crippen LogP contribution >= 0.6 is 11.6 Å². The fourth-order valence-electron chi connectivity index (χ4n) is 2.11. The fraction of sp³-hybridized carbons (Fsp3) is 0.0714. The third kappa shape index (κ3) is 1.92. The van der Waals surface area contributed by atoms with E-state index in [0.29, 0.717) is 16.3 Å². The van der Waals surface area contributed by atoms with Crippen LogP contribution in [0.2, 0.25) is 5.02 Å². The standard InChI is InChI=1S/C14H10ClN3O2/c1-20-14(19)10-5-11(15)12-7-17-8-18(12)13(10)9-3-2-4-16-6-9/h2-8H,1H3. The van der Waals surface area contributed by atoms with Crippen LogP contribution in [0, 0.1) is 0 Å². The average Bonchev–Trinajstić information content (AvgIpc) is 2.97. The van der Waals surface area contributed by atoms with Gasteiger partial charge in [0.25, 0.3) is 0 Å². The van der Waals surface area contributed by atoms with Crippen LogP contribution in [0.4, 0.5) is 0 Å². The number of halogens is 1. The molecule has 0 radical (unpaired) electrons. The highest BCUT2D eigenvalue weighted by Crippen LogP contribution is 2.30. The maximum atomic E-state index is 12.0. The largest absolute Gasteiger partial charge is 0.465 e. The molecule has 0 amide bonds. The van der Waals surface area contributed by atoms with Gasteiger partial charge in [0.1, 0.15) is 0 Å². The second kappa shape index (κ2) is 4.94. The van der Waals surface area contributed by atoms with Crippen molar-refractivity contribution in [1.29, 1.82) is 0 Å². The van der Waals surface area contributed by atoms with Gasteiger partial charge in [0.2, 0.25) is 0 Å². The summed E-state index contributed by atoms with van der Waals surface area (Å²) in [5, 5.41) is 0.440. The zero-order chi connectivity index (χ0) is 14.1. The molecule has 3 rings (SSSR count). The molecule has 0 saturated heterocycles. The molecule has 100 valence electrons. The minimum Gasteiger partial charge on any atom is -0.465 e. The number of carbonyl (C=O) groups is 1. The second-order valence-electron chi connectivity index (χ2n) is 4.14. The Hall–Kier alpha value is -2.40. The van der Waals surface area contributed by atoms with Crippen LogP contribution < -0.4 is 0 Å². The van der Waals surface area contributed by atoms with Crippen LogP contribution in [0.1, 0.15) is 10.4 Å². The number of methoxy groups -OCH3 is 1. The monoisotopic (exact) mass is 287 g/mol. The number of nitrogens with zero attached hydrogens (tertiary/aromatic N) is 3. The summed E-state index contributed by atoms with van der Waals surface area (Å²) in [5.41, 5.74) is 2.53. The topological polar surface area (TPSA) is 56.5 Å². The van der Waals surface area contributed by atoms with Gasteiger partial charge in [0.05, 0.1) is 41.4 Å². The van der Waals surface area contributed by atoms with Crippen molar-refractivity contribution in [3.05, 3.63) is 53.7 Å². The molecular weight excluding hydrogens is 278 g/mol. The molecule has 0 saturated carbocycles. The minimum absolute atomic E-state index is 0.371. The van der Waals surface area contributed by atoms with Gasteiger partial charge in [0.15, 0.2) is 0 Å². The second-order valence-corrected chi connectivity index (χ2v) is 4.54. The highest BCUT2D eigenvalue weighted by atomic mass is 35.5. The lowest BCUT2D eigenvalue weighted by Gasteiger charge is -2.12. The molecule has 0 aliphatic carbocycles. The van der Waals surface area contributed by atoms with Gasteiger partial charge in [-0.2, -0.15) is 0 Å². The van der Waals surface area contributed by atoms with Gasteiger partial charge in [0, 0.05) is 18.0 Å². The van der Waals surface area contributed by atoms with Crippen LogP contribution in [0.3, 0.4) is 0 Å². The normalized spacial score (nSPS) is 10.7. The van der Waals surface area contributed by atoms with E-state index in [-0.39, 0.29) is 0 Å². The Kier molecular flexibility index (Phi) is 3.12. The molecule has 0 aliphatic rings. The predicted octanol–water partition coefficient (Wildman–Crippen LogP) is 2.84. The van der Waals surface area contributed by atoms with Crippen LogP contribution in [-0.4, -0.2) is 27.4 Å². The summed E-state index contributed by atoms with van der Waals surface area (Å²) >= 11 is 6.18. The molecule has 0 bridgehead atoms. The van der Waals surface area contributed by atoms with Crippen molar-refractivity contribution in [2.24, 2.45) is 0 Å². The Morgan fingerprint density at radius 3 is 2.90 bits per heavy atom. The number of hydrogen-bond acceptors (Lipinski definition) is 4. The highest BCUT2D eigenvalue weighted by Gasteiger charge is 2.19. The van der Waals surface area contributed by atoms with Crippen molar-refractivity contribution >= 4 is 23.1 Å². The van der Waals surface area contributed by atoms with Crippen molar-refractivity contribution in [2.45, 2.75) is 0 Å². The summed E-state index contributed by atoms with van der Waals surface area (Å²) in [7, 11) is 1.33. The van der Waals surface area contributed by atoms with E-state index < -0.39 is 5.97 Å². The number of aromatic nitrogens is 3. The molecule has 3 heterocycles. The number of pyridine rings is 2. The Balaban J connectivity index is 2.40. The molecule has 5 nitrogen and oxygen atoms in total. The van der Waals surface area contributed by atoms with Gasteiger partial charge < -0.3 is 4.74 Å². The number of rotatable bonds is 2. The first-order chi connectivity index (χ1) is 9.72. The van der Waals surface area contributed by atoms with Crippen molar-refractivity contribution in [2.75, 3.05) is 7.11 Å². The molecule has 0 fully saturated rings.